The predicted octanol–water partition coefficient (Wildman–Crippen LogP) is 2.82. The van der Waals surface area contributed by atoms with E-state index in [-0.39, 0.29) is 11.7 Å². The summed E-state index contributed by atoms with van der Waals surface area (Å²) in [5, 5.41) is 15.1. The standard InChI is InChI=1S/C15H14N2O4S/c1-8-12-9(16-17-14(18)11-6-3-7-22-11)4-2-5-10(12)21-13(8)15(19)20/h3,6-7H,2,4-5H2,1H3,(H,17,18)(H,19,20)/b16-9+. The molecular weight excluding hydrogens is 304 g/mol. The Morgan fingerprint density at radius 2 is 2.23 bits per heavy atom. The fraction of sp³-hybridized carbons (Fsp3) is 0.267. The number of thiophene rings is 1. The van der Waals surface area contributed by atoms with Gasteiger partial charge in [0.15, 0.2) is 0 Å². The summed E-state index contributed by atoms with van der Waals surface area (Å²) >= 11 is 1.34. The molecule has 0 fully saturated rings. The highest BCUT2D eigenvalue weighted by Gasteiger charge is 2.27. The minimum Gasteiger partial charge on any atom is -0.475 e. The van der Waals surface area contributed by atoms with Crippen molar-refractivity contribution in [3.63, 3.8) is 0 Å². The predicted molar refractivity (Wildman–Crippen MR) is 81.7 cm³/mol. The molecule has 2 heterocycles. The lowest BCUT2D eigenvalue weighted by Crippen LogP contribution is -2.21. The van der Waals surface area contributed by atoms with Crippen molar-refractivity contribution in [3.05, 3.63) is 45.0 Å². The molecule has 0 aromatic carbocycles. The van der Waals surface area contributed by atoms with E-state index in [1.54, 1.807) is 19.1 Å². The van der Waals surface area contributed by atoms with E-state index in [1.807, 2.05) is 5.38 Å². The van der Waals surface area contributed by atoms with Crippen molar-refractivity contribution in [2.45, 2.75) is 26.2 Å². The van der Waals surface area contributed by atoms with Gasteiger partial charge in [0, 0.05) is 17.5 Å². The Bertz CT molecular complexity index is 759. The van der Waals surface area contributed by atoms with Crippen molar-refractivity contribution in [2.75, 3.05) is 0 Å². The summed E-state index contributed by atoms with van der Waals surface area (Å²) in [6, 6.07) is 3.52. The van der Waals surface area contributed by atoms with Gasteiger partial charge >= 0.3 is 5.97 Å². The molecule has 7 heteroatoms. The number of nitrogens with one attached hydrogen (secondary N) is 1. The number of furan rings is 1. The van der Waals surface area contributed by atoms with Crippen LogP contribution in [-0.4, -0.2) is 22.7 Å². The Balaban J connectivity index is 1.89. The van der Waals surface area contributed by atoms with E-state index in [0.29, 0.717) is 34.8 Å². The smallest absolute Gasteiger partial charge is 0.372 e. The van der Waals surface area contributed by atoms with E-state index in [1.165, 1.54) is 11.3 Å². The van der Waals surface area contributed by atoms with E-state index in [2.05, 4.69) is 10.5 Å². The Kier molecular flexibility index (Phi) is 3.81. The van der Waals surface area contributed by atoms with Crippen LogP contribution in [0.1, 0.15) is 50.0 Å². The van der Waals surface area contributed by atoms with Crippen molar-refractivity contribution < 1.29 is 19.1 Å². The van der Waals surface area contributed by atoms with Gasteiger partial charge in [-0.25, -0.2) is 10.2 Å². The highest BCUT2D eigenvalue weighted by atomic mass is 32.1. The van der Waals surface area contributed by atoms with E-state index in [9.17, 15) is 9.59 Å². The molecule has 0 atom stereocenters. The van der Waals surface area contributed by atoms with Gasteiger partial charge in [0.2, 0.25) is 5.76 Å². The van der Waals surface area contributed by atoms with Crippen LogP contribution in [0.25, 0.3) is 0 Å². The summed E-state index contributed by atoms with van der Waals surface area (Å²) in [6.45, 7) is 1.70. The molecule has 2 N–H and O–H groups in total. The maximum absolute atomic E-state index is 11.9. The SMILES string of the molecule is Cc1c(C(=O)O)oc2c1/C(=N/NC(=O)c1cccs1)CCC2. The van der Waals surface area contributed by atoms with Crippen LogP contribution in [0.4, 0.5) is 0 Å². The fourth-order valence-corrected chi connectivity index (χ4v) is 3.18. The topological polar surface area (TPSA) is 91.9 Å². The highest BCUT2D eigenvalue weighted by molar-refractivity contribution is 7.12. The minimum atomic E-state index is -1.09. The third-order valence-electron chi connectivity index (χ3n) is 3.56. The summed E-state index contributed by atoms with van der Waals surface area (Å²) in [4.78, 5) is 23.7. The molecular formula is C15H14N2O4S. The molecule has 0 spiro atoms. The molecule has 1 aliphatic rings. The molecule has 22 heavy (non-hydrogen) atoms. The lowest BCUT2D eigenvalue weighted by atomic mass is 9.93. The van der Waals surface area contributed by atoms with Crippen molar-refractivity contribution >= 4 is 28.9 Å². The quantitative estimate of drug-likeness (QED) is 0.851. The van der Waals surface area contributed by atoms with Crippen molar-refractivity contribution in [1.29, 1.82) is 0 Å². The largest absolute Gasteiger partial charge is 0.475 e. The van der Waals surface area contributed by atoms with E-state index < -0.39 is 5.97 Å². The van der Waals surface area contributed by atoms with Gasteiger partial charge in [-0.1, -0.05) is 6.07 Å². The Morgan fingerprint density at radius 3 is 2.91 bits per heavy atom. The summed E-state index contributed by atoms with van der Waals surface area (Å²) in [5.41, 5.74) is 4.48. The molecule has 1 aliphatic carbocycles. The number of hydrogen-bond acceptors (Lipinski definition) is 5. The zero-order chi connectivity index (χ0) is 15.7. The normalized spacial score (nSPS) is 15.6. The third-order valence-corrected chi connectivity index (χ3v) is 4.43. The van der Waals surface area contributed by atoms with E-state index in [4.69, 9.17) is 9.52 Å². The minimum absolute atomic E-state index is 0.0517. The third kappa shape index (κ3) is 2.55. The summed E-state index contributed by atoms with van der Waals surface area (Å²) in [5.74, 6) is -0.780. The zero-order valence-electron chi connectivity index (χ0n) is 11.9. The van der Waals surface area contributed by atoms with Gasteiger partial charge in [-0.2, -0.15) is 5.10 Å². The van der Waals surface area contributed by atoms with Crippen LogP contribution in [0.2, 0.25) is 0 Å². The number of aromatic carboxylic acids is 1. The average Bonchev–Trinajstić information content (AvgIpc) is 3.13. The monoisotopic (exact) mass is 318 g/mol. The van der Waals surface area contributed by atoms with E-state index >= 15 is 0 Å². The molecule has 114 valence electrons. The first-order valence-corrected chi connectivity index (χ1v) is 7.72. The van der Waals surface area contributed by atoms with Crippen molar-refractivity contribution in [2.24, 2.45) is 5.10 Å². The lowest BCUT2D eigenvalue weighted by Gasteiger charge is -2.13. The Hall–Kier alpha value is -2.41. The van der Waals surface area contributed by atoms with Gasteiger partial charge in [-0.3, -0.25) is 4.79 Å². The second-order valence-electron chi connectivity index (χ2n) is 4.99. The number of aryl methyl sites for hydroxylation is 1. The Morgan fingerprint density at radius 1 is 1.41 bits per heavy atom. The number of carbonyl (C=O) groups excluding carboxylic acids is 1. The van der Waals surface area contributed by atoms with Gasteiger partial charge in [0.1, 0.15) is 5.76 Å². The van der Waals surface area contributed by atoms with Gasteiger partial charge in [-0.05, 0) is 31.2 Å². The number of rotatable bonds is 3. The molecule has 0 radical (unpaired) electrons. The molecule has 2 aromatic rings. The Labute approximate surface area is 130 Å². The second kappa shape index (κ2) is 5.76. The second-order valence-corrected chi connectivity index (χ2v) is 5.94. The van der Waals surface area contributed by atoms with E-state index in [0.717, 1.165) is 12.0 Å². The fourth-order valence-electron chi connectivity index (χ4n) is 2.57. The van der Waals surface area contributed by atoms with Crippen LogP contribution < -0.4 is 5.43 Å². The number of carbonyl (C=O) groups is 2. The first-order chi connectivity index (χ1) is 10.6. The molecule has 0 aliphatic heterocycles. The molecule has 1 amide bonds. The van der Waals surface area contributed by atoms with Crippen LogP contribution in [0.3, 0.4) is 0 Å². The first kappa shape index (κ1) is 14.5. The summed E-state index contributed by atoms with van der Waals surface area (Å²) < 4.78 is 5.42. The number of carboxylic acid groups (broad SMARTS) is 1. The summed E-state index contributed by atoms with van der Waals surface area (Å²) in [6.07, 6.45) is 2.17. The van der Waals surface area contributed by atoms with Crippen LogP contribution in [0, 0.1) is 6.92 Å². The molecule has 0 bridgehead atoms. The molecule has 6 nitrogen and oxygen atoms in total. The number of hydrazone groups is 1. The maximum Gasteiger partial charge on any atom is 0.372 e. The van der Waals surface area contributed by atoms with Gasteiger partial charge in [0.05, 0.1) is 10.6 Å². The molecule has 0 saturated heterocycles. The first-order valence-electron chi connectivity index (χ1n) is 6.84. The van der Waals surface area contributed by atoms with Crippen LogP contribution >= 0.6 is 11.3 Å². The number of hydrogen-bond donors (Lipinski definition) is 2. The molecule has 2 aromatic heterocycles. The highest BCUT2D eigenvalue weighted by Crippen LogP contribution is 2.29. The van der Waals surface area contributed by atoms with Crippen LogP contribution in [0.5, 0.6) is 0 Å². The number of nitrogens with zero attached hydrogens (tertiary/aromatic N) is 1. The molecule has 0 saturated carbocycles. The van der Waals surface area contributed by atoms with Crippen molar-refractivity contribution in [3.8, 4) is 0 Å². The number of carboxylic acids is 1. The van der Waals surface area contributed by atoms with Gasteiger partial charge < -0.3 is 9.52 Å². The average molecular weight is 318 g/mol. The van der Waals surface area contributed by atoms with Crippen LogP contribution in [0.15, 0.2) is 27.0 Å². The number of fused-ring (bicyclic) bond motifs is 1. The maximum atomic E-state index is 11.9. The van der Waals surface area contributed by atoms with Gasteiger partial charge in [-0.15, -0.1) is 11.3 Å². The lowest BCUT2D eigenvalue weighted by molar-refractivity contribution is 0.0659. The molecule has 0 unspecified atom stereocenters. The molecule has 3 rings (SSSR count). The van der Waals surface area contributed by atoms with Crippen LogP contribution in [-0.2, 0) is 6.42 Å². The summed E-state index contributed by atoms with van der Waals surface area (Å²) in [7, 11) is 0. The van der Waals surface area contributed by atoms with Gasteiger partial charge in [0.25, 0.3) is 5.91 Å². The van der Waals surface area contributed by atoms with Crippen molar-refractivity contribution in [1.82, 2.24) is 5.43 Å². The zero-order valence-corrected chi connectivity index (χ0v) is 12.7. The number of amides is 1.